The van der Waals surface area contributed by atoms with Gasteiger partial charge < -0.3 is 16.0 Å². The van der Waals surface area contributed by atoms with E-state index < -0.39 is 0 Å². The molecule has 21 heavy (non-hydrogen) atoms. The van der Waals surface area contributed by atoms with Gasteiger partial charge in [0.1, 0.15) is 0 Å². The van der Waals surface area contributed by atoms with Crippen molar-refractivity contribution in [3.8, 4) is 0 Å². The lowest BCUT2D eigenvalue weighted by Crippen LogP contribution is -2.43. The lowest BCUT2D eigenvalue weighted by Gasteiger charge is -2.32. The van der Waals surface area contributed by atoms with E-state index in [4.69, 9.17) is 5.73 Å². The average molecular weight is 290 g/mol. The summed E-state index contributed by atoms with van der Waals surface area (Å²) in [6.45, 7) is 7.64. The first-order valence-electron chi connectivity index (χ1n) is 7.59. The molecule has 0 saturated carbocycles. The van der Waals surface area contributed by atoms with E-state index in [1.54, 1.807) is 0 Å². The number of piperazine rings is 1. The highest BCUT2D eigenvalue weighted by molar-refractivity contribution is 5.94. The molecule has 1 fully saturated rings. The van der Waals surface area contributed by atoms with E-state index in [0.717, 1.165) is 32.7 Å². The smallest absolute Gasteiger partial charge is 0.251 e. The lowest BCUT2D eigenvalue weighted by molar-refractivity contribution is 0.0941. The minimum absolute atomic E-state index is 0.00112. The van der Waals surface area contributed by atoms with E-state index in [2.05, 4.69) is 28.2 Å². The van der Waals surface area contributed by atoms with Gasteiger partial charge in [-0.25, -0.2) is 0 Å². The highest BCUT2D eigenvalue weighted by atomic mass is 16.1. The van der Waals surface area contributed by atoms with Crippen LogP contribution in [-0.2, 0) is 6.54 Å². The van der Waals surface area contributed by atoms with E-state index in [-0.39, 0.29) is 11.9 Å². The van der Waals surface area contributed by atoms with Gasteiger partial charge in [-0.2, -0.15) is 0 Å². The number of benzene rings is 1. The van der Waals surface area contributed by atoms with Crippen LogP contribution in [0.15, 0.2) is 24.3 Å². The second kappa shape index (κ2) is 7.54. The maximum Gasteiger partial charge on any atom is 0.251 e. The Morgan fingerprint density at radius 2 is 2.05 bits per heavy atom. The molecule has 0 radical (unpaired) electrons. The van der Waals surface area contributed by atoms with Crippen molar-refractivity contribution >= 4 is 5.91 Å². The minimum Gasteiger partial charge on any atom is -0.348 e. The van der Waals surface area contributed by atoms with Gasteiger partial charge in [-0.3, -0.25) is 9.69 Å². The molecule has 2 rings (SSSR count). The van der Waals surface area contributed by atoms with Crippen molar-refractivity contribution < 1.29 is 4.79 Å². The Morgan fingerprint density at radius 3 is 2.71 bits per heavy atom. The normalized spacial score (nSPS) is 18.4. The van der Waals surface area contributed by atoms with Gasteiger partial charge in [-0.05, 0) is 31.7 Å². The Balaban J connectivity index is 1.95. The molecular formula is C16H26N4O. The van der Waals surface area contributed by atoms with Gasteiger partial charge in [0.25, 0.3) is 5.91 Å². The van der Waals surface area contributed by atoms with Crippen LogP contribution in [0.25, 0.3) is 0 Å². The molecule has 0 bridgehead atoms. The van der Waals surface area contributed by atoms with Crippen LogP contribution in [0, 0.1) is 0 Å². The molecule has 5 nitrogen and oxygen atoms in total. The molecule has 116 valence electrons. The first-order valence-corrected chi connectivity index (χ1v) is 7.59. The molecule has 1 heterocycles. The number of carbonyl (C=O) groups excluding carboxylic acids is 1. The molecule has 0 spiro atoms. The van der Waals surface area contributed by atoms with E-state index in [9.17, 15) is 4.79 Å². The molecular weight excluding hydrogens is 264 g/mol. The van der Waals surface area contributed by atoms with Gasteiger partial charge in [-0.15, -0.1) is 0 Å². The molecule has 0 unspecified atom stereocenters. The Kier molecular flexibility index (Phi) is 5.73. The third kappa shape index (κ3) is 4.81. The summed E-state index contributed by atoms with van der Waals surface area (Å²) in [5.41, 5.74) is 7.44. The number of amides is 1. The molecule has 1 saturated heterocycles. The van der Waals surface area contributed by atoms with Crippen LogP contribution in [0.5, 0.6) is 0 Å². The highest BCUT2D eigenvalue weighted by Gasteiger charge is 2.15. The third-order valence-corrected chi connectivity index (χ3v) is 3.92. The van der Waals surface area contributed by atoms with Crippen molar-refractivity contribution in [1.82, 2.24) is 15.1 Å². The van der Waals surface area contributed by atoms with Gasteiger partial charge in [-0.1, -0.05) is 12.1 Å². The molecule has 3 N–H and O–H groups in total. The molecule has 1 atom stereocenters. The SMILES string of the molecule is C[C@@H](CN)NC(=O)c1cccc(CN2CCN(C)CC2)c1. The summed E-state index contributed by atoms with van der Waals surface area (Å²) < 4.78 is 0. The van der Waals surface area contributed by atoms with Gasteiger partial charge in [0.2, 0.25) is 0 Å². The zero-order chi connectivity index (χ0) is 15.2. The number of nitrogens with two attached hydrogens (primary N) is 1. The fraction of sp³-hybridized carbons (Fsp3) is 0.562. The molecule has 1 aromatic carbocycles. The third-order valence-electron chi connectivity index (χ3n) is 3.92. The molecule has 1 amide bonds. The van der Waals surface area contributed by atoms with Gasteiger partial charge in [0, 0.05) is 50.9 Å². The van der Waals surface area contributed by atoms with Gasteiger partial charge >= 0.3 is 0 Å². The zero-order valence-electron chi connectivity index (χ0n) is 13.0. The van der Waals surface area contributed by atoms with Crippen LogP contribution in [0.3, 0.4) is 0 Å². The number of nitrogens with zero attached hydrogens (tertiary/aromatic N) is 2. The maximum absolute atomic E-state index is 12.1. The Bertz CT molecular complexity index is 469. The number of likely N-dealkylation sites (N-methyl/N-ethyl adjacent to an activating group) is 1. The van der Waals surface area contributed by atoms with Crippen LogP contribution >= 0.6 is 0 Å². The fourth-order valence-corrected chi connectivity index (χ4v) is 2.44. The highest BCUT2D eigenvalue weighted by Crippen LogP contribution is 2.10. The second-order valence-corrected chi connectivity index (χ2v) is 5.89. The summed E-state index contributed by atoms with van der Waals surface area (Å²) in [5.74, 6) is -0.0480. The summed E-state index contributed by atoms with van der Waals surface area (Å²) in [5, 5.41) is 2.90. The first kappa shape index (κ1) is 15.9. The number of hydrogen-bond donors (Lipinski definition) is 2. The van der Waals surface area contributed by atoms with Gasteiger partial charge in [0.05, 0.1) is 0 Å². The number of hydrogen-bond acceptors (Lipinski definition) is 4. The summed E-state index contributed by atoms with van der Waals surface area (Å²) in [6, 6.07) is 7.87. The molecule has 0 aliphatic carbocycles. The first-order chi connectivity index (χ1) is 10.1. The van der Waals surface area contributed by atoms with Crippen molar-refractivity contribution in [2.75, 3.05) is 39.8 Å². The van der Waals surface area contributed by atoms with Crippen molar-refractivity contribution in [1.29, 1.82) is 0 Å². The molecule has 1 aromatic rings. The predicted molar refractivity (Wildman–Crippen MR) is 85.2 cm³/mol. The van der Waals surface area contributed by atoms with E-state index in [0.29, 0.717) is 12.1 Å². The largest absolute Gasteiger partial charge is 0.348 e. The van der Waals surface area contributed by atoms with E-state index in [1.165, 1.54) is 5.56 Å². The van der Waals surface area contributed by atoms with E-state index in [1.807, 2.05) is 25.1 Å². The summed E-state index contributed by atoms with van der Waals surface area (Å²) >= 11 is 0. The van der Waals surface area contributed by atoms with E-state index >= 15 is 0 Å². The number of carbonyl (C=O) groups is 1. The van der Waals surface area contributed by atoms with Crippen molar-refractivity contribution in [3.63, 3.8) is 0 Å². The van der Waals surface area contributed by atoms with Crippen LogP contribution in [0.4, 0.5) is 0 Å². The molecule has 0 aromatic heterocycles. The molecule has 1 aliphatic rings. The van der Waals surface area contributed by atoms with Crippen LogP contribution in [0.2, 0.25) is 0 Å². The topological polar surface area (TPSA) is 61.6 Å². The lowest BCUT2D eigenvalue weighted by atomic mass is 10.1. The fourth-order valence-electron chi connectivity index (χ4n) is 2.44. The summed E-state index contributed by atoms with van der Waals surface area (Å²) in [7, 11) is 2.15. The Morgan fingerprint density at radius 1 is 1.33 bits per heavy atom. The quantitative estimate of drug-likeness (QED) is 0.829. The van der Waals surface area contributed by atoms with Crippen LogP contribution in [0.1, 0.15) is 22.8 Å². The Hall–Kier alpha value is -1.43. The van der Waals surface area contributed by atoms with Gasteiger partial charge in [0.15, 0.2) is 0 Å². The second-order valence-electron chi connectivity index (χ2n) is 5.89. The van der Waals surface area contributed by atoms with Crippen LogP contribution < -0.4 is 11.1 Å². The monoisotopic (exact) mass is 290 g/mol. The molecule has 1 aliphatic heterocycles. The van der Waals surface area contributed by atoms with Crippen molar-refractivity contribution in [3.05, 3.63) is 35.4 Å². The van der Waals surface area contributed by atoms with Crippen molar-refractivity contribution in [2.24, 2.45) is 5.73 Å². The summed E-state index contributed by atoms with van der Waals surface area (Å²) in [6.07, 6.45) is 0. The maximum atomic E-state index is 12.1. The Labute approximate surface area is 127 Å². The number of nitrogens with one attached hydrogen (secondary N) is 1. The number of rotatable bonds is 5. The van der Waals surface area contributed by atoms with Crippen LogP contribution in [-0.4, -0.2) is 61.5 Å². The molecule has 5 heteroatoms. The standard InChI is InChI=1S/C16H26N4O/c1-13(11-17)18-16(21)15-5-3-4-14(10-15)12-20-8-6-19(2)7-9-20/h3-5,10,13H,6-9,11-12,17H2,1-2H3,(H,18,21)/t13-/m0/s1. The zero-order valence-corrected chi connectivity index (χ0v) is 13.0. The summed E-state index contributed by atoms with van der Waals surface area (Å²) in [4.78, 5) is 16.9. The predicted octanol–water partition coefficient (Wildman–Crippen LogP) is 0.511. The minimum atomic E-state index is -0.0480. The van der Waals surface area contributed by atoms with Crippen molar-refractivity contribution in [2.45, 2.75) is 19.5 Å². The average Bonchev–Trinajstić information content (AvgIpc) is 2.49.